The van der Waals surface area contributed by atoms with E-state index in [-0.39, 0.29) is 5.57 Å². The Morgan fingerprint density at radius 2 is 1.86 bits per heavy atom. The topological polar surface area (TPSA) is 72.6 Å². The van der Waals surface area contributed by atoms with Crippen LogP contribution in [0.3, 0.4) is 0 Å². The summed E-state index contributed by atoms with van der Waals surface area (Å²) in [5, 5.41) is 10.6. The molecule has 0 fully saturated rings. The van der Waals surface area contributed by atoms with Crippen LogP contribution in [-0.4, -0.2) is 16.1 Å². The van der Waals surface area contributed by atoms with Gasteiger partial charge in [0.15, 0.2) is 0 Å². The Bertz CT molecular complexity index is 1130. The smallest absolute Gasteiger partial charge is 0.336 e. The molecule has 4 aromatic rings. The number of rotatable bonds is 6. The van der Waals surface area contributed by atoms with Crippen LogP contribution >= 0.6 is 0 Å². The molecule has 0 aliphatic rings. The van der Waals surface area contributed by atoms with Gasteiger partial charge in [0.2, 0.25) is 0 Å². The summed E-state index contributed by atoms with van der Waals surface area (Å²) in [6.07, 6.45) is 4.57. The van der Waals surface area contributed by atoms with Crippen molar-refractivity contribution in [2.75, 3.05) is 0 Å². The maximum atomic E-state index is 11.6. The second-order valence-electron chi connectivity index (χ2n) is 6.23. The minimum Gasteiger partial charge on any atom is -0.487 e. The number of carboxylic acids is 1. The van der Waals surface area contributed by atoms with Crippen molar-refractivity contribution in [2.45, 2.75) is 6.61 Å². The highest BCUT2D eigenvalue weighted by Gasteiger charge is 2.11. The van der Waals surface area contributed by atoms with Crippen LogP contribution in [-0.2, 0) is 11.4 Å². The van der Waals surface area contributed by atoms with Crippen molar-refractivity contribution in [3.63, 3.8) is 0 Å². The summed E-state index contributed by atoms with van der Waals surface area (Å²) < 4.78 is 10.8. The highest BCUT2D eigenvalue weighted by Crippen LogP contribution is 2.22. The van der Waals surface area contributed by atoms with Gasteiger partial charge in [-0.05, 0) is 42.0 Å². The number of nitrogens with zero attached hydrogens (tertiary/aromatic N) is 1. The normalized spacial score (nSPS) is 11.5. The average Bonchev–Trinajstić information content (AvgIpc) is 3.24. The predicted molar refractivity (Wildman–Crippen MR) is 107 cm³/mol. The Kier molecular flexibility index (Phi) is 4.89. The van der Waals surface area contributed by atoms with Gasteiger partial charge in [-0.25, -0.2) is 9.78 Å². The van der Waals surface area contributed by atoms with Crippen LogP contribution in [0.15, 0.2) is 83.7 Å². The molecule has 0 unspecified atom stereocenters. The van der Waals surface area contributed by atoms with Crippen LogP contribution in [0, 0.1) is 0 Å². The molecule has 0 aliphatic carbocycles. The van der Waals surface area contributed by atoms with E-state index in [4.69, 9.17) is 9.15 Å². The van der Waals surface area contributed by atoms with Gasteiger partial charge < -0.3 is 14.3 Å². The van der Waals surface area contributed by atoms with Gasteiger partial charge in [-0.3, -0.25) is 0 Å². The summed E-state index contributed by atoms with van der Waals surface area (Å²) >= 11 is 0. The standard InChI is InChI=1S/C23H17NO4/c25-23(26)21(13-16-11-12-27-14-16)17-6-9-20(10-7-17)28-15-19-8-5-18-3-1-2-4-22(18)24-19/h1-14H,15H2,(H,25,26)/b21-13+. The lowest BCUT2D eigenvalue weighted by atomic mass is 10.0. The van der Waals surface area contributed by atoms with Crippen molar-refractivity contribution < 1.29 is 19.1 Å². The first-order valence-corrected chi connectivity index (χ1v) is 8.74. The summed E-state index contributed by atoms with van der Waals surface area (Å²) in [6.45, 7) is 0.334. The maximum Gasteiger partial charge on any atom is 0.336 e. The largest absolute Gasteiger partial charge is 0.487 e. The molecule has 2 aromatic heterocycles. The van der Waals surface area contributed by atoms with E-state index < -0.39 is 5.97 Å². The highest BCUT2D eigenvalue weighted by molar-refractivity contribution is 6.20. The first-order chi connectivity index (χ1) is 13.7. The molecule has 5 heteroatoms. The molecule has 0 radical (unpaired) electrons. The van der Waals surface area contributed by atoms with E-state index in [0.29, 0.717) is 23.5 Å². The van der Waals surface area contributed by atoms with Gasteiger partial charge in [-0.15, -0.1) is 0 Å². The van der Waals surface area contributed by atoms with Crippen molar-refractivity contribution >= 4 is 28.5 Å². The molecule has 0 bridgehead atoms. The third-order valence-electron chi connectivity index (χ3n) is 4.29. The average molecular weight is 371 g/mol. The molecule has 2 heterocycles. The lowest BCUT2D eigenvalue weighted by Crippen LogP contribution is -2.01. The van der Waals surface area contributed by atoms with E-state index in [1.165, 1.54) is 12.5 Å². The first kappa shape index (κ1) is 17.5. The molecular formula is C23H17NO4. The molecule has 0 aliphatic heterocycles. The van der Waals surface area contributed by atoms with Crippen molar-refractivity contribution in [3.05, 3.63) is 96.1 Å². The van der Waals surface area contributed by atoms with Crippen molar-refractivity contribution in [2.24, 2.45) is 0 Å². The van der Waals surface area contributed by atoms with E-state index in [1.54, 1.807) is 36.4 Å². The summed E-state index contributed by atoms with van der Waals surface area (Å²) in [7, 11) is 0. The zero-order valence-corrected chi connectivity index (χ0v) is 14.9. The van der Waals surface area contributed by atoms with Crippen LogP contribution < -0.4 is 4.74 Å². The van der Waals surface area contributed by atoms with Crippen molar-refractivity contribution in [1.82, 2.24) is 4.98 Å². The first-order valence-electron chi connectivity index (χ1n) is 8.74. The van der Waals surface area contributed by atoms with Crippen LogP contribution in [0.4, 0.5) is 0 Å². The van der Waals surface area contributed by atoms with Crippen LogP contribution in [0.5, 0.6) is 5.75 Å². The Morgan fingerprint density at radius 3 is 2.61 bits per heavy atom. The lowest BCUT2D eigenvalue weighted by molar-refractivity contribution is -0.130. The number of furan rings is 1. The number of benzene rings is 2. The SMILES string of the molecule is O=C(O)/C(=C/c1ccoc1)c1ccc(OCc2ccc3ccccc3n2)cc1. The third-order valence-corrected chi connectivity index (χ3v) is 4.29. The molecule has 0 saturated carbocycles. The molecule has 0 amide bonds. The Balaban J connectivity index is 1.48. The molecule has 5 nitrogen and oxygen atoms in total. The molecule has 4 rings (SSSR count). The number of hydrogen-bond donors (Lipinski definition) is 1. The number of para-hydroxylation sites is 1. The van der Waals surface area contributed by atoms with E-state index in [9.17, 15) is 9.90 Å². The van der Waals surface area contributed by atoms with Gasteiger partial charge >= 0.3 is 5.97 Å². The number of pyridine rings is 1. The number of fused-ring (bicyclic) bond motifs is 1. The zero-order chi connectivity index (χ0) is 19.3. The summed E-state index contributed by atoms with van der Waals surface area (Å²) in [6, 6.07) is 20.5. The number of aromatic nitrogens is 1. The molecule has 0 atom stereocenters. The van der Waals surface area contributed by atoms with Gasteiger partial charge in [0.1, 0.15) is 12.4 Å². The zero-order valence-electron chi connectivity index (χ0n) is 14.9. The van der Waals surface area contributed by atoms with Crippen LogP contribution in [0.1, 0.15) is 16.8 Å². The summed E-state index contributed by atoms with van der Waals surface area (Å²) in [5.41, 5.74) is 3.22. The Morgan fingerprint density at radius 1 is 1.04 bits per heavy atom. The highest BCUT2D eigenvalue weighted by atomic mass is 16.5. The van der Waals surface area contributed by atoms with E-state index in [0.717, 1.165) is 16.6 Å². The molecule has 2 aromatic carbocycles. The van der Waals surface area contributed by atoms with Crippen molar-refractivity contribution in [1.29, 1.82) is 0 Å². The van der Waals surface area contributed by atoms with Crippen LogP contribution in [0.25, 0.3) is 22.6 Å². The van der Waals surface area contributed by atoms with Gasteiger partial charge in [0, 0.05) is 10.9 Å². The fourth-order valence-corrected chi connectivity index (χ4v) is 2.87. The Hall–Kier alpha value is -3.86. The second-order valence-corrected chi connectivity index (χ2v) is 6.23. The van der Waals surface area contributed by atoms with Crippen LogP contribution in [0.2, 0.25) is 0 Å². The molecule has 0 saturated heterocycles. The third kappa shape index (κ3) is 3.94. The number of hydrogen-bond acceptors (Lipinski definition) is 4. The fraction of sp³-hybridized carbons (Fsp3) is 0.0435. The molecule has 0 spiro atoms. The summed E-state index contributed by atoms with van der Waals surface area (Å²) in [4.78, 5) is 16.2. The van der Waals surface area contributed by atoms with E-state index in [2.05, 4.69) is 4.98 Å². The predicted octanol–water partition coefficient (Wildman–Crippen LogP) is 5.03. The van der Waals surface area contributed by atoms with Gasteiger partial charge in [0.25, 0.3) is 0 Å². The minimum atomic E-state index is -1.00. The molecular weight excluding hydrogens is 354 g/mol. The summed E-state index contributed by atoms with van der Waals surface area (Å²) in [5.74, 6) is -0.359. The Labute approximate surface area is 161 Å². The van der Waals surface area contributed by atoms with Crippen molar-refractivity contribution in [3.8, 4) is 5.75 Å². The quantitative estimate of drug-likeness (QED) is 0.481. The molecule has 1 N–H and O–H groups in total. The van der Waals surface area contributed by atoms with Gasteiger partial charge in [0.05, 0.1) is 29.3 Å². The van der Waals surface area contributed by atoms with E-state index >= 15 is 0 Å². The number of carbonyl (C=O) groups is 1. The maximum absolute atomic E-state index is 11.6. The van der Waals surface area contributed by atoms with Gasteiger partial charge in [-0.1, -0.05) is 36.4 Å². The second kappa shape index (κ2) is 7.80. The monoisotopic (exact) mass is 371 g/mol. The van der Waals surface area contributed by atoms with Gasteiger partial charge in [-0.2, -0.15) is 0 Å². The fourth-order valence-electron chi connectivity index (χ4n) is 2.87. The van der Waals surface area contributed by atoms with E-state index in [1.807, 2.05) is 36.4 Å². The number of aliphatic carboxylic acids is 1. The number of carboxylic acid groups (broad SMARTS) is 1. The number of ether oxygens (including phenoxy) is 1. The minimum absolute atomic E-state index is 0.184. The molecule has 28 heavy (non-hydrogen) atoms. The molecule has 138 valence electrons. The lowest BCUT2D eigenvalue weighted by Gasteiger charge is -2.08.